The van der Waals surface area contributed by atoms with E-state index in [0.717, 1.165) is 13.0 Å². The SMILES string of the molecule is O=C(O)C(c1ccc(F)c(CO)c1)N1CCCN(c2ncccn2)CC1. The molecule has 1 unspecified atom stereocenters. The summed E-state index contributed by atoms with van der Waals surface area (Å²) in [7, 11) is 0. The molecule has 0 saturated carbocycles. The zero-order valence-corrected chi connectivity index (χ0v) is 14.3. The third-order valence-electron chi connectivity index (χ3n) is 4.52. The fourth-order valence-electron chi connectivity index (χ4n) is 3.25. The lowest BCUT2D eigenvalue weighted by molar-refractivity contribution is -0.143. The van der Waals surface area contributed by atoms with E-state index in [1.165, 1.54) is 18.2 Å². The second-order valence-electron chi connectivity index (χ2n) is 6.18. The van der Waals surface area contributed by atoms with Crippen molar-refractivity contribution in [3.8, 4) is 0 Å². The molecule has 1 atom stereocenters. The molecule has 1 aliphatic heterocycles. The average Bonchev–Trinajstić information content (AvgIpc) is 2.90. The number of benzene rings is 1. The molecule has 0 spiro atoms. The lowest BCUT2D eigenvalue weighted by Crippen LogP contribution is -2.37. The van der Waals surface area contributed by atoms with Crippen LogP contribution >= 0.6 is 0 Å². The van der Waals surface area contributed by atoms with Crippen LogP contribution in [0.5, 0.6) is 0 Å². The molecular formula is C18H21FN4O3. The van der Waals surface area contributed by atoms with E-state index in [-0.39, 0.29) is 5.56 Å². The Labute approximate surface area is 150 Å². The second-order valence-corrected chi connectivity index (χ2v) is 6.18. The first kappa shape index (κ1) is 18.2. The Morgan fingerprint density at radius 3 is 2.65 bits per heavy atom. The van der Waals surface area contributed by atoms with Gasteiger partial charge in [-0.15, -0.1) is 0 Å². The van der Waals surface area contributed by atoms with Crippen molar-refractivity contribution < 1.29 is 19.4 Å². The third kappa shape index (κ3) is 3.97. The molecule has 138 valence electrons. The Morgan fingerprint density at radius 2 is 1.96 bits per heavy atom. The number of anilines is 1. The summed E-state index contributed by atoms with van der Waals surface area (Å²) in [6.45, 7) is 1.97. The van der Waals surface area contributed by atoms with Gasteiger partial charge in [-0.1, -0.05) is 6.07 Å². The number of nitrogens with zero attached hydrogens (tertiary/aromatic N) is 4. The van der Waals surface area contributed by atoms with E-state index in [2.05, 4.69) is 9.97 Å². The molecule has 0 radical (unpaired) electrons. The minimum absolute atomic E-state index is 0.0999. The van der Waals surface area contributed by atoms with E-state index >= 15 is 0 Å². The quantitative estimate of drug-likeness (QED) is 0.834. The second kappa shape index (κ2) is 8.20. The van der Waals surface area contributed by atoms with Gasteiger partial charge >= 0.3 is 5.97 Å². The van der Waals surface area contributed by atoms with E-state index in [9.17, 15) is 19.4 Å². The van der Waals surface area contributed by atoms with Crippen LogP contribution in [0, 0.1) is 5.82 Å². The summed E-state index contributed by atoms with van der Waals surface area (Å²) in [5.74, 6) is -0.904. The summed E-state index contributed by atoms with van der Waals surface area (Å²) in [6.07, 6.45) is 4.12. The molecular weight excluding hydrogens is 339 g/mol. The molecule has 0 bridgehead atoms. The number of carboxylic acids is 1. The number of aromatic nitrogens is 2. The van der Waals surface area contributed by atoms with E-state index in [1.54, 1.807) is 18.5 Å². The van der Waals surface area contributed by atoms with Gasteiger partial charge in [-0.2, -0.15) is 0 Å². The van der Waals surface area contributed by atoms with Crippen LogP contribution in [0.15, 0.2) is 36.7 Å². The summed E-state index contributed by atoms with van der Waals surface area (Å²) in [6, 6.07) is 4.96. The van der Waals surface area contributed by atoms with Crippen molar-refractivity contribution in [2.24, 2.45) is 0 Å². The van der Waals surface area contributed by atoms with Crippen molar-refractivity contribution in [2.45, 2.75) is 19.1 Å². The van der Waals surface area contributed by atoms with Crippen molar-refractivity contribution in [1.82, 2.24) is 14.9 Å². The van der Waals surface area contributed by atoms with Gasteiger partial charge in [0.2, 0.25) is 5.95 Å². The Kier molecular flexibility index (Phi) is 5.75. The number of rotatable bonds is 5. The van der Waals surface area contributed by atoms with Gasteiger partial charge in [0.25, 0.3) is 0 Å². The molecule has 3 rings (SSSR count). The van der Waals surface area contributed by atoms with Crippen LogP contribution in [0.1, 0.15) is 23.6 Å². The lowest BCUT2D eigenvalue weighted by Gasteiger charge is -2.28. The van der Waals surface area contributed by atoms with Crippen molar-refractivity contribution in [1.29, 1.82) is 0 Å². The molecule has 1 fully saturated rings. The van der Waals surface area contributed by atoms with E-state index in [1.807, 2.05) is 9.80 Å². The Morgan fingerprint density at radius 1 is 1.19 bits per heavy atom. The number of hydrogen-bond acceptors (Lipinski definition) is 6. The Bertz CT molecular complexity index is 759. The molecule has 1 saturated heterocycles. The van der Waals surface area contributed by atoms with Gasteiger partial charge < -0.3 is 15.1 Å². The van der Waals surface area contributed by atoms with Gasteiger partial charge in [0.1, 0.15) is 11.9 Å². The number of halogens is 1. The van der Waals surface area contributed by atoms with Crippen molar-refractivity contribution in [3.05, 3.63) is 53.6 Å². The first-order valence-electron chi connectivity index (χ1n) is 8.48. The minimum atomic E-state index is -0.995. The van der Waals surface area contributed by atoms with Crippen molar-refractivity contribution >= 4 is 11.9 Å². The predicted molar refractivity (Wildman–Crippen MR) is 93.1 cm³/mol. The molecule has 0 aliphatic carbocycles. The molecule has 2 aromatic rings. The van der Waals surface area contributed by atoms with Crippen molar-refractivity contribution in [3.63, 3.8) is 0 Å². The van der Waals surface area contributed by atoms with E-state index < -0.39 is 24.4 Å². The number of aliphatic hydroxyl groups excluding tert-OH is 1. The molecule has 0 amide bonds. The van der Waals surface area contributed by atoms with Gasteiger partial charge in [0, 0.05) is 44.1 Å². The summed E-state index contributed by atoms with van der Waals surface area (Å²) in [4.78, 5) is 24.3. The smallest absolute Gasteiger partial charge is 0.325 e. The highest BCUT2D eigenvalue weighted by atomic mass is 19.1. The lowest BCUT2D eigenvalue weighted by atomic mass is 10.0. The molecule has 8 heteroatoms. The highest BCUT2D eigenvalue weighted by molar-refractivity contribution is 5.75. The first-order valence-corrected chi connectivity index (χ1v) is 8.48. The molecule has 7 nitrogen and oxygen atoms in total. The zero-order chi connectivity index (χ0) is 18.5. The van der Waals surface area contributed by atoms with Gasteiger partial charge in [0.05, 0.1) is 6.61 Å². The van der Waals surface area contributed by atoms with Gasteiger partial charge in [-0.05, 0) is 30.2 Å². The van der Waals surface area contributed by atoms with Crippen LogP contribution in [0.25, 0.3) is 0 Å². The standard InChI is InChI=1S/C18H21FN4O3/c19-15-4-3-13(11-14(15)12-24)16(17(25)26)22-7-2-8-23(10-9-22)18-20-5-1-6-21-18/h1,3-6,11,16,24H,2,7-10,12H2,(H,25,26). The van der Waals surface area contributed by atoms with Crippen LogP contribution in [-0.2, 0) is 11.4 Å². The number of carboxylic acid groups (broad SMARTS) is 1. The first-order chi connectivity index (χ1) is 12.6. The third-order valence-corrected chi connectivity index (χ3v) is 4.52. The Balaban J connectivity index is 1.80. The molecule has 1 aliphatic rings. The average molecular weight is 360 g/mol. The van der Waals surface area contributed by atoms with Gasteiger partial charge in [-0.3, -0.25) is 9.69 Å². The van der Waals surface area contributed by atoms with Crippen LogP contribution in [0.4, 0.5) is 10.3 Å². The maximum absolute atomic E-state index is 13.6. The largest absolute Gasteiger partial charge is 0.480 e. The van der Waals surface area contributed by atoms with Gasteiger partial charge in [0.15, 0.2) is 0 Å². The normalized spacial score (nSPS) is 16.9. The number of aliphatic carboxylic acids is 1. The van der Waals surface area contributed by atoms with Crippen LogP contribution in [0.3, 0.4) is 0 Å². The minimum Gasteiger partial charge on any atom is -0.480 e. The molecule has 2 N–H and O–H groups in total. The topological polar surface area (TPSA) is 89.8 Å². The fourth-order valence-corrected chi connectivity index (χ4v) is 3.25. The highest BCUT2D eigenvalue weighted by Gasteiger charge is 2.30. The molecule has 26 heavy (non-hydrogen) atoms. The molecule has 1 aromatic heterocycles. The van der Waals surface area contributed by atoms with E-state index in [0.29, 0.717) is 31.1 Å². The highest BCUT2D eigenvalue weighted by Crippen LogP contribution is 2.25. The number of aliphatic hydroxyl groups is 1. The molecule has 2 heterocycles. The number of carbonyl (C=O) groups is 1. The predicted octanol–water partition coefficient (Wildman–Crippen LogP) is 1.45. The summed E-state index contributed by atoms with van der Waals surface area (Å²) in [5.41, 5.74) is 0.565. The van der Waals surface area contributed by atoms with Crippen molar-refractivity contribution in [2.75, 3.05) is 31.1 Å². The maximum atomic E-state index is 13.6. The number of hydrogen-bond donors (Lipinski definition) is 2. The monoisotopic (exact) mass is 360 g/mol. The van der Waals surface area contributed by atoms with Crippen LogP contribution in [-0.4, -0.2) is 57.2 Å². The molecule has 1 aromatic carbocycles. The van der Waals surface area contributed by atoms with Crippen LogP contribution < -0.4 is 4.90 Å². The van der Waals surface area contributed by atoms with Gasteiger partial charge in [-0.25, -0.2) is 14.4 Å². The summed E-state index contributed by atoms with van der Waals surface area (Å²) in [5, 5.41) is 19.0. The Hall–Kier alpha value is -2.58. The zero-order valence-electron chi connectivity index (χ0n) is 14.3. The fraction of sp³-hybridized carbons (Fsp3) is 0.389. The maximum Gasteiger partial charge on any atom is 0.325 e. The van der Waals surface area contributed by atoms with Crippen LogP contribution in [0.2, 0.25) is 0 Å². The summed E-state index contributed by atoms with van der Waals surface area (Å²) >= 11 is 0. The summed E-state index contributed by atoms with van der Waals surface area (Å²) < 4.78 is 13.6. The van der Waals surface area contributed by atoms with E-state index in [4.69, 9.17) is 0 Å².